The standard InChI is InChI=1S/C31H25N3O4/c1-21-30(25-7-3-4-8-26(25)35)33-16-6-5-9-29(33)34(31(21)36)19-24-14-15-27(28(17-24)37-2)38-20-23-12-10-22(18-32)11-13-23/h3-17H,19-20H2,1-2H3/p+1. The number of nitrogens with zero attached hydrogens (tertiary/aromatic N) is 3. The van der Waals surface area contributed by atoms with Crippen molar-refractivity contribution in [2.24, 2.45) is 0 Å². The average Bonchev–Trinajstić information content (AvgIpc) is 2.96. The molecule has 7 nitrogen and oxygen atoms in total. The fraction of sp³-hybridized carbons (Fsp3) is 0.129. The number of aromatic hydroxyl groups is 1. The number of rotatable bonds is 7. The highest BCUT2D eigenvalue weighted by atomic mass is 16.5. The Morgan fingerprint density at radius 1 is 0.947 bits per heavy atom. The lowest BCUT2D eigenvalue weighted by Gasteiger charge is -2.14. The topological polar surface area (TPSA) is 88.6 Å². The molecular weight excluding hydrogens is 478 g/mol. The third-order valence-corrected chi connectivity index (χ3v) is 6.48. The van der Waals surface area contributed by atoms with E-state index in [1.54, 1.807) is 42.9 Å². The first-order valence-electron chi connectivity index (χ1n) is 12.1. The van der Waals surface area contributed by atoms with E-state index in [0.717, 1.165) is 11.1 Å². The van der Waals surface area contributed by atoms with Gasteiger partial charge in [0.2, 0.25) is 0 Å². The predicted molar refractivity (Wildman–Crippen MR) is 143 cm³/mol. The van der Waals surface area contributed by atoms with Crippen molar-refractivity contribution in [2.45, 2.75) is 20.1 Å². The number of nitriles is 1. The maximum Gasteiger partial charge on any atom is 0.341 e. The highest BCUT2D eigenvalue weighted by Crippen LogP contribution is 2.30. The van der Waals surface area contributed by atoms with E-state index in [-0.39, 0.29) is 11.3 Å². The minimum absolute atomic E-state index is 0.117. The number of aromatic nitrogens is 2. The van der Waals surface area contributed by atoms with Crippen LogP contribution in [0.1, 0.15) is 22.3 Å². The van der Waals surface area contributed by atoms with Crippen molar-refractivity contribution in [1.29, 1.82) is 5.26 Å². The van der Waals surface area contributed by atoms with Gasteiger partial charge in [0.15, 0.2) is 17.2 Å². The zero-order valence-corrected chi connectivity index (χ0v) is 21.1. The van der Waals surface area contributed by atoms with Crippen LogP contribution in [0, 0.1) is 18.3 Å². The Morgan fingerprint density at radius 3 is 2.42 bits per heavy atom. The summed E-state index contributed by atoms with van der Waals surface area (Å²) >= 11 is 0. The molecule has 0 atom stereocenters. The van der Waals surface area contributed by atoms with Gasteiger partial charge in [-0.3, -0.25) is 0 Å². The third-order valence-electron chi connectivity index (χ3n) is 6.48. The first-order valence-corrected chi connectivity index (χ1v) is 12.1. The summed E-state index contributed by atoms with van der Waals surface area (Å²) < 4.78 is 15.2. The summed E-state index contributed by atoms with van der Waals surface area (Å²) in [5, 5.41) is 19.5. The fourth-order valence-corrected chi connectivity index (χ4v) is 4.54. The van der Waals surface area contributed by atoms with E-state index in [2.05, 4.69) is 6.07 Å². The molecule has 2 heterocycles. The van der Waals surface area contributed by atoms with Gasteiger partial charge in [0.1, 0.15) is 18.9 Å². The molecule has 0 radical (unpaired) electrons. The zero-order chi connectivity index (χ0) is 26.6. The highest BCUT2D eigenvalue weighted by Gasteiger charge is 2.24. The van der Waals surface area contributed by atoms with E-state index in [1.807, 2.05) is 71.3 Å². The second kappa shape index (κ2) is 10.5. The van der Waals surface area contributed by atoms with Gasteiger partial charge in [0, 0.05) is 6.07 Å². The van der Waals surface area contributed by atoms with Gasteiger partial charge in [-0.15, -0.1) is 0 Å². The molecule has 0 aliphatic heterocycles. The Morgan fingerprint density at radius 2 is 1.68 bits per heavy atom. The maximum atomic E-state index is 13.6. The van der Waals surface area contributed by atoms with Gasteiger partial charge in [-0.1, -0.05) is 36.4 Å². The van der Waals surface area contributed by atoms with Crippen LogP contribution in [-0.2, 0) is 13.2 Å². The summed E-state index contributed by atoms with van der Waals surface area (Å²) in [4.78, 5) is 13.6. The molecule has 5 rings (SSSR count). The van der Waals surface area contributed by atoms with Crippen LogP contribution < -0.4 is 19.4 Å². The van der Waals surface area contributed by atoms with Crippen molar-refractivity contribution in [3.05, 3.63) is 124 Å². The van der Waals surface area contributed by atoms with Crippen LogP contribution >= 0.6 is 0 Å². The number of ether oxygens (including phenoxy) is 2. The zero-order valence-electron chi connectivity index (χ0n) is 21.1. The number of pyridine rings is 1. The fourth-order valence-electron chi connectivity index (χ4n) is 4.54. The average molecular weight is 505 g/mol. The molecule has 3 aromatic carbocycles. The predicted octanol–water partition coefficient (Wildman–Crippen LogP) is 4.78. The molecule has 188 valence electrons. The van der Waals surface area contributed by atoms with Crippen molar-refractivity contribution < 1.29 is 19.0 Å². The van der Waals surface area contributed by atoms with E-state index in [0.29, 0.717) is 52.7 Å². The largest absolute Gasteiger partial charge is 0.507 e. The first kappa shape index (κ1) is 24.6. The van der Waals surface area contributed by atoms with Crippen LogP contribution in [0.2, 0.25) is 0 Å². The van der Waals surface area contributed by atoms with E-state index >= 15 is 0 Å². The molecule has 2 aromatic heterocycles. The Bertz CT molecular complexity index is 1730. The van der Waals surface area contributed by atoms with E-state index in [9.17, 15) is 9.90 Å². The van der Waals surface area contributed by atoms with Crippen LogP contribution in [0.5, 0.6) is 17.2 Å². The number of benzene rings is 3. The van der Waals surface area contributed by atoms with E-state index in [1.165, 1.54) is 0 Å². The van der Waals surface area contributed by atoms with Crippen molar-refractivity contribution >= 4 is 5.65 Å². The molecule has 0 spiro atoms. The molecular formula is C31H26N3O4+. The molecule has 0 aliphatic carbocycles. The summed E-state index contributed by atoms with van der Waals surface area (Å²) in [5.41, 5.74) is 4.74. The molecule has 0 fully saturated rings. The van der Waals surface area contributed by atoms with Crippen LogP contribution in [0.15, 0.2) is 95.9 Å². The lowest BCUT2D eigenvalue weighted by atomic mass is 10.1. The van der Waals surface area contributed by atoms with Crippen LogP contribution in [0.3, 0.4) is 0 Å². The number of hydrogen-bond donors (Lipinski definition) is 1. The number of para-hydroxylation sites is 1. The molecule has 0 bridgehead atoms. The minimum Gasteiger partial charge on any atom is -0.507 e. The van der Waals surface area contributed by atoms with E-state index < -0.39 is 0 Å². The Hall–Kier alpha value is -5.09. The number of fused-ring (bicyclic) bond motifs is 1. The summed E-state index contributed by atoms with van der Waals surface area (Å²) in [6.45, 7) is 2.43. The molecule has 0 saturated heterocycles. The number of phenols is 1. The molecule has 38 heavy (non-hydrogen) atoms. The third kappa shape index (κ3) is 4.67. The number of hydrogen-bond acceptors (Lipinski definition) is 5. The quantitative estimate of drug-likeness (QED) is 0.323. The monoisotopic (exact) mass is 504 g/mol. The van der Waals surface area contributed by atoms with Gasteiger partial charge in [-0.05, 0) is 60.5 Å². The Labute approximate surface area is 220 Å². The van der Waals surface area contributed by atoms with E-state index in [4.69, 9.17) is 14.7 Å². The summed E-state index contributed by atoms with van der Waals surface area (Å²) in [6.07, 6.45) is 1.89. The second-order valence-electron chi connectivity index (χ2n) is 8.89. The molecule has 0 aliphatic rings. The summed E-state index contributed by atoms with van der Waals surface area (Å²) in [7, 11) is 1.58. The van der Waals surface area contributed by atoms with Crippen LogP contribution in [0.4, 0.5) is 0 Å². The lowest BCUT2D eigenvalue weighted by Crippen LogP contribution is -2.38. The van der Waals surface area contributed by atoms with Crippen molar-refractivity contribution in [3.8, 4) is 34.6 Å². The van der Waals surface area contributed by atoms with Crippen molar-refractivity contribution in [1.82, 2.24) is 4.57 Å². The normalized spacial score (nSPS) is 10.8. The molecule has 5 aromatic rings. The van der Waals surface area contributed by atoms with Crippen molar-refractivity contribution in [2.75, 3.05) is 7.11 Å². The Kier molecular flexibility index (Phi) is 6.79. The van der Waals surface area contributed by atoms with Crippen LogP contribution in [0.25, 0.3) is 16.9 Å². The molecule has 0 saturated carbocycles. The minimum atomic E-state index is -0.144. The SMILES string of the molecule is COc1cc(Cn2c(=O)c(C)c(-c3ccccc3O)[n+]3ccccc23)ccc1OCc1ccc(C#N)cc1. The second-order valence-corrected chi connectivity index (χ2v) is 8.89. The molecule has 1 N–H and O–H groups in total. The Balaban J connectivity index is 1.49. The molecule has 0 amide bonds. The lowest BCUT2D eigenvalue weighted by molar-refractivity contribution is -0.504. The summed E-state index contributed by atoms with van der Waals surface area (Å²) in [6, 6.07) is 27.6. The smallest absolute Gasteiger partial charge is 0.341 e. The van der Waals surface area contributed by atoms with Gasteiger partial charge < -0.3 is 14.6 Å². The number of phenolic OH excluding ortho intramolecular Hbond substituents is 1. The van der Waals surface area contributed by atoms with Gasteiger partial charge in [-0.25, -0.2) is 4.79 Å². The van der Waals surface area contributed by atoms with Crippen molar-refractivity contribution in [3.63, 3.8) is 0 Å². The van der Waals surface area contributed by atoms with Gasteiger partial charge in [0.05, 0.1) is 36.1 Å². The number of methoxy groups -OCH3 is 1. The summed E-state index contributed by atoms with van der Waals surface area (Å²) in [5.74, 6) is 1.26. The van der Waals surface area contributed by atoms with Crippen LogP contribution in [-0.4, -0.2) is 16.8 Å². The van der Waals surface area contributed by atoms with Gasteiger partial charge in [0.25, 0.3) is 5.65 Å². The molecule has 0 unspecified atom stereocenters. The maximum absolute atomic E-state index is 13.6. The van der Waals surface area contributed by atoms with Gasteiger partial charge in [-0.2, -0.15) is 14.2 Å². The first-order chi connectivity index (χ1) is 18.5. The molecule has 7 heteroatoms. The van der Waals surface area contributed by atoms with Gasteiger partial charge >= 0.3 is 5.56 Å². The highest BCUT2D eigenvalue weighted by molar-refractivity contribution is 5.67.